The van der Waals surface area contributed by atoms with E-state index in [0.29, 0.717) is 6.42 Å². The number of unbranched alkanes of at least 4 members (excludes halogenated alkanes) is 35. The molecule has 9 nitrogen and oxygen atoms in total. The minimum Gasteiger partial charge on any atom is -0.462 e. The van der Waals surface area contributed by atoms with E-state index >= 15 is 0 Å². The Kier molecular flexibility index (Phi) is 62.1. The third kappa shape index (κ3) is 64.2. The molecule has 0 amide bonds. The maximum Gasteiger partial charge on any atom is 0.472 e. The zero-order valence-electron chi connectivity index (χ0n) is 51.3. The van der Waals surface area contributed by atoms with Gasteiger partial charge in [0.15, 0.2) is 6.10 Å². The lowest BCUT2D eigenvalue weighted by Gasteiger charge is -2.19. The first-order valence-corrected chi connectivity index (χ1v) is 34.6. The predicted molar refractivity (Wildman–Crippen MR) is 339 cm³/mol. The summed E-state index contributed by atoms with van der Waals surface area (Å²) in [5.74, 6) is -0.818. The minimum absolute atomic E-state index is 0.0519. The minimum atomic E-state index is -4.39. The van der Waals surface area contributed by atoms with E-state index in [0.717, 1.165) is 77.0 Å². The Morgan fingerprint density at radius 1 is 0.392 bits per heavy atom. The summed E-state index contributed by atoms with van der Waals surface area (Å²) < 4.78 is 33.2. The highest BCUT2D eigenvalue weighted by Crippen LogP contribution is 2.43. The summed E-state index contributed by atoms with van der Waals surface area (Å²) in [6, 6.07) is 0. The van der Waals surface area contributed by atoms with Crippen LogP contribution in [0.15, 0.2) is 85.1 Å². The number of allylic oxidation sites excluding steroid dienone is 14. The zero-order valence-corrected chi connectivity index (χ0v) is 52.2. The van der Waals surface area contributed by atoms with Gasteiger partial charge in [-0.25, -0.2) is 4.57 Å². The molecule has 0 aromatic rings. The van der Waals surface area contributed by atoms with Crippen molar-refractivity contribution in [2.75, 3.05) is 26.4 Å². The van der Waals surface area contributed by atoms with Crippen molar-refractivity contribution < 1.29 is 37.6 Å². The summed E-state index contributed by atoms with van der Waals surface area (Å²) in [5, 5.41) is 0. The second-order valence-corrected chi connectivity index (χ2v) is 23.4. The van der Waals surface area contributed by atoms with Crippen LogP contribution in [0.1, 0.15) is 309 Å². The van der Waals surface area contributed by atoms with Crippen molar-refractivity contribution in [1.29, 1.82) is 0 Å². The van der Waals surface area contributed by atoms with E-state index in [1.165, 1.54) is 199 Å². The standard InChI is InChI=1S/C69H124NO8P/c1-3-5-7-9-11-13-15-17-19-21-23-25-27-29-31-32-33-34-36-38-40-42-44-46-48-50-52-54-56-58-60-62-69(72)78-67(66-77-79(73,74)76-64-63-70)65-75-68(71)61-59-57-55-53-51-49-47-45-43-41-39-37-35-30-28-26-24-22-20-18-16-14-12-10-8-6-4-2/h5,7,11,13,16-19,22-25,29,31,67H,3-4,6,8-10,12,14-15,20-21,26-28,30,32-66,70H2,1-2H3,(H,73,74)/b7-5-,13-11-,18-16-,19-17-,24-22-,25-23-,31-29-. The topological polar surface area (TPSA) is 134 Å². The Bertz CT molecular complexity index is 1570. The molecule has 0 rings (SSSR count). The quantitative estimate of drug-likeness (QED) is 0.0264. The van der Waals surface area contributed by atoms with Gasteiger partial charge in [-0.05, 0) is 89.9 Å². The molecule has 0 aromatic carbocycles. The van der Waals surface area contributed by atoms with Crippen LogP contribution in [0.3, 0.4) is 0 Å². The van der Waals surface area contributed by atoms with Crippen LogP contribution in [0.4, 0.5) is 0 Å². The lowest BCUT2D eigenvalue weighted by atomic mass is 10.0. The monoisotopic (exact) mass is 1130 g/mol. The first-order valence-electron chi connectivity index (χ1n) is 33.1. The number of hydrogen-bond donors (Lipinski definition) is 2. The van der Waals surface area contributed by atoms with Crippen LogP contribution in [0.5, 0.6) is 0 Å². The maximum atomic E-state index is 12.8. The van der Waals surface area contributed by atoms with Crippen molar-refractivity contribution in [2.24, 2.45) is 5.73 Å². The van der Waals surface area contributed by atoms with Crippen LogP contribution in [-0.2, 0) is 32.7 Å². The highest BCUT2D eigenvalue weighted by molar-refractivity contribution is 7.47. The van der Waals surface area contributed by atoms with Crippen LogP contribution in [0.25, 0.3) is 0 Å². The van der Waals surface area contributed by atoms with Crippen LogP contribution >= 0.6 is 7.82 Å². The summed E-state index contributed by atoms with van der Waals surface area (Å²) >= 11 is 0. The van der Waals surface area contributed by atoms with Crippen molar-refractivity contribution in [2.45, 2.75) is 315 Å². The molecule has 2 atom stereocenters. The molecular formula is C69H124NO8P. The van der Waals surface area contributed by atoms with E-state index < -0.39 is 26.5 Å². The molecular weight excluding hydrogens is 1000 g/mol. The SMILES string of the molecule is CC/C=C\C/C=C\C/C=C\C/C=C\C/C=C\CCCCCCCCCCCCCCCCCC(=O)OC(COC(=O)CCCCCCCCCCCCCCCCC/C=C\C/C=C\CCCCCCC)COP(=O)(O)OCCN. The highest BCUT2D eigenvalue weighted by atomic mass is 31.2. The molecule has 79 heavy (non-hydrogen) atoms. The van der Waals surface area contributed by atoms with Crippen LogP contribution in [0, 0.1) is 0 Å². The molecule has 0 saturated heterocycles. The van der Waals surface area contributed by atoms with Gasteiger partial charge in [0.1, 0.15) is 6.61 Å². The molecule has 0 aliphatic heterocycles. The van der Waals surface area contributed by atoms with Gasteiger partial charge in [-0.15, -0.1) is 0 Å². The van der Waals surface area contributed by atoms with Gasteiger partial charge in [0.25, 0.3) is 0 Å². The van der Waals surface area contributed by atoms with Gasteiger partial charge < -0.3 is 20.1 Å². The predicted octanol–water partition coefficient (Wildman–Crippen LogP) is 21.4. The van der Waals surface area contributed by atoms with E-state index in [1.54, 1.807) is 0 Å². The molecule has 0 heterocycles. The van der Waals surface area contributed by atoms with Gasteiger partial charge in [-0.3, -0.25) is 18.6 Å². The fraction of sp³-hybridized carbons (Fsp3) is 0.768. The molecule has 0 aromatic heterocycles. The molecule has 0 fully saturated rings. The number of phosphoric acid groups is 1. The van der Waals surface area contributed by atoms with Gasteiger partial charge in [0.2, 0.25) is 0 Å². The van der Waals surface area contributed by atoms with Crippen molar-refractivity contribution in [3.63, 3.8) is 0 Å². The number of ether oxygens (including phenoxy) is 2. The fourth-order valence-corrected chi connectivity index (χ4v) is 10.2. The van der Waals surface area contributed by atoms with Gasteiger partial charge >= 0.3 is 19.8 Å². The molecule has 0 saturated carbocycles. The average Bonchev–Trinajstić information content (AvgIpc) is 3.44. The number of carbonyl (C=O) groups is 2. The summed E-state index contributed by atoms with van der Waals surface area (Å²) in [6.45, 7) is 3.66. The summed E-state index contributed by atoms with van der Waals surface area (Å²) in [6.07, 6.45) is 85.2. The first kappa shape index (κ1) is 76.2. The van der Waals surface area contributed by atoms with Crippen molar-refractivity contribution >= 4 is 19.8 Å². The Morgan fingerprint density at radius 3 is 1.04 bits per heavy atom. The first-order chi connectivity index (χ1) is 38.8. The van der Waals surface area contributed by atoms with Crippen LogP contribution in [-0.4, -0.2) is 49.3 Å². The summed E-state index contributed by atoms with van der Waals surface area (Å²) in [4.78, 5) is 35.3. The van der Waals surface area contributed by atoms with Crippen molar-refractivity contribution in [1.82, 2.24) is 0 Å². The molecule has 0 radical (unpaired) electrons. The Labute approximate surface area is 487 Å². The highest BCUT2D eigenvalue weighted by Gasteiger charge is 2.26. The van der Waals surface area contributed by atoms with E-state index in [4.69, 9.17) is 24.3 Å². The number of nitrogens with two attached hydrogens (primary N) is 1. The largest absolute Gasteiger partial charge is 0.472 e. The van der Waals surface area contributed by atoms with E-state index in [9.17, 15) is 19.0 Å². The van der Waals surface area contributed by atoms with Crippen LogP contribution in [0.2, 0.25) is 0 Å². The van der Waals surface area contributed by atoms with Gasteiger partial charge in [0, 0.05) is 19.4 Å². The molecule has 0 bridgehead atoms. The second-order valence-electron chi connectivity index (χ2n) is 22.0. The molecule has 458 valence electrons. The molecule has 2 unspecified atom stereocenters. The van der Waals surface area contributed by atoms with Gasteiger partial charge in [-0.2, -0.15) is 0 Å². The zero-order chi connectivity index (χ0) is 57.3. The van der Waals surface area contributed by atoms with Gasteiger partial charge in [-0.1, -0.05) is 292 Å². The lowest BCUT2D eigenvalue weighted by Crippen LogP contribution is -2.29. The Morgan fingerprint density at radius 2 is 0.696 bits per heavy atom. The van der Waals surface area contributed by atoms with E-state index in [1.807, 2.05) is 0 Å². The fourth-order valence-electron chi connectivity index (χ4n) is 9.40. The smallest absolute Gasteiger partial charge is 0.462 e. The Hall–Kier alpha value is -2.81. The third-order valence-corrected chi connectivity index (χ3v) is 15.2. The lowest BCUT2D eigenvalue weighted by molar-refractivity contribution is -0.161. The molecule has 0 aliphatic rings. The number of rotatable bonds is 62. The summed E-state index contributed by atoms with van der Waals surface area (Å²) in [5.41, 5.74) is 5.40. The summed E-state index contributed by atoms with van der Waals surface area (Å²) in [7, 11) is -4.39. The number of hydrogen-bond acceptors (Lipinski definition) is 8. The molecule has 3 N–H and O–H groups in total. The Balaban J connectivity index is 3.90. The van der Waals surface area contributed by atoms with Crippen molar-refractivity contribution in [3.05, 3.63) is 85.1 Å². The second kappa shape index (κ2) is 64.4. The maximum absolute atomic E-state index is 12.8. The van der Waals surface area contributed by atoms with Crippen LogP contribution < -0.4 is 5.73 Å². The van der Waals surface area contributed by atoms with E-state index in [2.05, 4.69) is 98.9 Å². The molecule has 10 heteroatoms. The van der Waals surface area contributed by atoms with Crippen molar-refractivity contribution in [3.8, 4) is 0 Å². The normalized spacial score (nSPS) is 13.5. The number of carbonyl (C=O) groups excluding carboxylic acids is 2. The van der Waals surface area contributed by atoms with Gasteiger partial charge in [0.05, 0.1) is 13.2 Å². The molecule has 0 aliphatic carbocycles. The molecule has 0 spiro atoms. The van der Waals surface area contributed by atoms with E-state index in [-0.39, 0.29) is 38.6 Å². The third-order valence-electron chi connectivity index (χ3n) is 14.3. The number of phosphoric ester groups is 1. The average molecular weight is 1130 g/mol. The number of esters is 2.